The van der Waals surface area contributed by atoms with Crippen LogP contribution in [0.25, 0.3) is 15.4 Å². The van der Waals surface area contributed by atoms with Crippen molar-refractivity contribution in [3.8, 4) is 10.4 Å². The molecule has 1 aliphatic rings. The summed E-state index contributed by atoms with van der Waals surface area (Å²) in [6.07, 6.45) is 8.16. The number of carboxylic acid groups (broad SMARTS) is 1. The highest BCUT2D eigenvalue weighted by atomic mass is 32.1. The van der Waals surface area contributed by atoms with Gasteiger partial charge < -0.3 is 10.4 Å². The molecule has 2 aromatic heterocycles. The molecule has 0 atom stereocenters. The molecule has 2 heterocycles. The SMILES string of the molecule is Cc1cccc(NC(=O)c2cn3cc(-c4ccc(C5CCC(CC(=O)O)CC5)cc4)sc3n2)c1. The van der Waals surface area contributed by atoms with Crippen LogP contribution >= 0.6 is 11.3 Å². The number of anilines is 1. The molecule has 1 fully saturated rings. The van der Waals surface area contributed by atoms with E-state index in [9.17, 15) is 9.59 Å². The normalized spacial score (nSPS) is 18.1. The Morgan fingerprint density at radius 1 is 1.09 bits per heavy atom. The Labute approximate surface area is 202 Å². The zero-order valence-electron chi connectivity index (χ0n) is 19.0. The van der Waals surface area contributed by atoms with Crippen LogP contribution in [0.1, 0.15) is 59.6 Å². The van der Waals surface area contributed by atoms with Crippen molar-refractivity contribution in [3.63, 3.8) is 0 Å². The van der Waals surface area contributed by atoms with E-state index in [0.29, 0.717) is 24.0 Å². The van der Waals surface area contributed by atoms with Crippen molar-refractivity contribution in [2.24, 2.45) is 5.92 Å². The zero-order valence-corrected chi connectivity index (χ0v) is 19.8. The Kier molecular flexibility index (Phi) is 6.20. The van der Waals surface area contributed by atoms with Crippen molar-refractivity contribution >= 4 is 33.9 Å². The molecule has 1 saturated carbocycles. The van der Waals surface area contributed by atoms with Gasteiger partial charge in [0.15, 0.2) is 4.96 Å². The first kappa shape index (κ1) is 22.3. The van der Waals surface area contributed by atoms with Gasteiger partial charge in [-0.25, -0.2) is 4.98 Å². The number of carbonyl (C=O) groups is 2. The number of carbonyl (C=O) groups excluding carboxylic acids is 1. The Morgan fingerprint density at radius 3 is 2.53 bits per heavy atom. The number of aliphatic carboxylic acids is 1. The van der Waals surface area contributed by atoms with Gasteiger partial charge in [-0.2, -0.15) is 0 Å². The number of carboxylic acids is 1. The van der Waals surface area contributed by atoms with Crippen LogP contribution in [0.15, 0.2) is 60.9 Å². The summed E-state index contributed by atoms with van der Waals surface area (Å²) in [5.74, 6) is -0.0760. The average molecular weight is 474 g/mol. The van der Waals surface area contributed by atoms with E-state index in [0.717, 1.165) is 52.3 Å². The number of imidazole rings is 1. The van der Waals surface area contributed by atoms with Crippen LogP contribution in [0.5, 0.6) is 0 Å². The third-order valence-electron chi connectivity index (χ3n) is 6.64. The number of amides is 1. The maximum absolute atomic E-state index is 12.6. The van der Waals surface area contributed by atoms with Gasteiger partial charge in [0.25, 0.3) is 5.91 Å². The Morgan fingerprint density at radius 2 is 1.85 bits per heavy atom. The summed E-state index contributed by atoms with van der Waals surface area (Å²) in [7, 11) is 0. The fourth-order valence-electron chi connectivity index (χ4n) is 4.82. The molecule has 6 nitrogen and oxygen atoms in total. The number of aryl methyl sites for hydroxylation is 1. The summed E-state index contributed by atoms with van der Waals surface area (Å²) in [6.45, 7) is 1.99. The van der Waals surface area contributed by atoms with E-state index in [1.54, 1.807) is 17.5 Å². The summed E-state index contributed by atoms with van der Waals surface area (Å²) in [5.41, 5.74) is 4.70. The second-order valence-electron chi connectivity index (χ2n) is 9.17. The van der Waals surface area contributed by atoms with E-state index in [-0.39, 0.29) is 5.91 Å². The highest BCUT2D eigenvalue weighted by Crippen LogP contribution is 2.38. The first-order valence-electron chi connectivity index (χ1n) is 11.6. The molecule has 0 radical (unpaired) electrons. The molecule has 0 saturated heterocycles. The first-order chi connectivity index (χ1) is 16.4. The third kappa shape index (κ3) is 4.89. The van der Waals surface area contributed by atoms with E-state index in [2.05, 4.69) is 34.6 Å². The number of benzene rings is 2. The number of hydrogen-bond donors (Lipinski definition) is 2. The summed E-state index contributed by atoms with van der Waals surface area (Å²) in [6, 6.07) is 16.4. The van der Waals surface area contributed by atoms with Gasteiger partial charge in [-0.15, -0.1) is 0 Å². The third-order valence-corrected chi connectivity index (χ3v) is 7.69. The molecule has 2 N–H and O–H groups in total. The standard InChI is InChI=1S/C27H27N3O3S/c1-17-3-2-4-22(13-17)28-26(33)23-15-30-16-24(34-27(30)29-23)21-11-9-20(10-12-21)19-7-5-18(6-8-19)14-25(31)32/h2-4,9-13,15-16,18-19H,5-8,14H2,1H3,(H,28,33)(H,31,32). The van der Waals surface area contributed by atoms with Crippen molar-refractivity contribution in [1.29, 1.82) is 0 Å². The second-order valence-corrected chi connectivity index (χ2v) is 10.2. The highest BCUT2D eigenvalue weighted by molar-refractivity contribution is 7.20. The minimum absolute atomic E-state index is 0.217. The van der Waals surface area contributed by atoms with Crippen LogP contribution in [-0.4, -0.2) is 26.4 Å². The number of rotatable bonds is 6. The van der Waals surface area contributed by atoms with Crippen molar-refractivity contribution < 1.29 is 14.7 Å². The van der Waals surface area contributed by atoms with Gasteiger partial charge in [-0.3, -0.25) is 14.0 Å². The molecule has 5 rings (SSSR count). The van der Waals surface area contributed by atoms with Crippen molar-refractivity contribution in [2.45, 2.75) is 44.9 Å². The maximum Gasteiger partial charge on any atom is 0.303 e. The monoisotopic (exact) mass is 473 g/mol. The fourth-order valence-corrected chi connectivity index (χ4v) is 5.79. The lowest BCUT2D eigenvalue weighted by atomic mass is 9.77. The summed E-state index contributed by atoms with van der Waals surface area (Å²) < 4.78 is 1.91. The van der Waals surface area contributed by atoms with Crippen LogP contribution < -0.4 is 5.32 Å². The lowest BCUT2D eigenvalue weighted by Crippen LogP contribution is -2.16. The molecule has 2 aromatic carbocycles. The van der Waals surface area contributed by atoms with E-state index in [1.807, 2.05) is 41.8 Å². The number of thiazole rings is 1. The van der Waals surface area contributed by atoms with Gasteiger partial charge in [-0.05, 0) is 73.3 Å². The summed E-state index contributed by atoms with van der Waals surface area (Å²) in [4.78, 5) is 30.0. The molecule has 1 aliphatic carbocycles. The molecule has 0 spiro atoms. The number of fused-ring (bicyclic) bond motifs is 1. The predicted octanol–water partition coefficient (Wildman–Crippen LogP) is 6.37. The Hall–Kier alpha value is -3.45. The summed E-state index contributed by atoms with van der Waals surface area (Å²) >= 11 is 1.56. The first-order valence-corrected chi connectivity index (χ1v) is 12.4. The number of aromatic nitrogens is 2. The van der Waals surface area contributed by atoms with E-state index < -0.39 is 5.97 Å². The number of nitrogens with one attached hydrogen (secondary N) is 1. The highest BCUT2D eigenvalue weighted by Gasteiger charge is 2.24. The molecular weight excluding hydrogens is 446 g/mol. The van der Waals surface area contributed by atoms with Crippen LogP contribution in [0.2, 0.25) is 0 Å². The van der Waals surface area contributed by atoms with Gasteiger partial charge in [-0.1, -0.05) is 47.7 Å². The largest absolute Gasteiger partial charge is 0.481 e. The summed E-state index contributed by atoms with van der Waals surface area (Å²) in [5, 5.41) is 11.9. The smallest absolute Gasteiger partial charge is 0.303 e. The molecule has 1 amide bonds. The number of hydrogen-bond acceptors (Lipinski definition) is 4. The van der Waals surface area contributed by atoms with E-state index >= 15 is 0 Å². The van der Waals surface area contributed by atoms with Crippen LogP contribution in [0.4, 0.5) is 5.69 Å². The fraction of sp³-hybridized carbons (Fsp3) is 0.296. The molecule has 4 aromatic rings. The molecule has 0 unspecified atom stereocenters. The molecule has 7 heteroatoms. The van der Waals surface area contributed by atoms with Crippen molar-refractivity contribution in [3.05, 3.63) is 77.7 Å². The van der Waals surface area contributed by atoms with E-state index in [4.69, 9.17) is 5.11 Å². The van der Waals surface area contributed by atoms with Crippen LogP contribution in [0.3, 0.4) is 0 Å². The average Bonchev–Trinajstić information content (AvgIpc) is 3.39. The zero-order chi connectivity index (χ0) is 23.7. The number of nitrogens with zero attached hydrogens (tertiary/aromatic N) is 2. The van der Waals surface area contributed by atoms with Gasteiger partial charge in [0.2, 0.25) is 0 Å². The van der Waals surface area contributed by atoms with Gasteiger partial charge in [0.1, 0.15) is 5.69 Å². The lowest BCUT2D eigenvalue weighted by molar-refractivity contribution is -0.138. The maximum atomic E-state index is 12.6. The van der Waals surface area contributed by atoms with Crippen molar-refractivity contribution in [1.82, 2.24) is 9.38 Å². The van der Waals surface area contributed by atoms with Gasteiger partial charge in [0.05, 0.1) is 4.88 Å². The van der Waals surface area contributed by atoms with Gasteiger partial charge >= 0.3 is 5.97 Å². The Bertz CT molecular complexity index is 1300. The van der Waals surface area contributed by atoms with Crippen LogP contribution in [-0.2, 0) is 4.79 Å². The quantitative estimate of drug-likeness (QED) is 0.341. The molecule has 34 heavy (non-hydrogen) atoms. The molecule has 0 aliphatic heterocycles. The van der Waals surface area contributed by atoms with Gasteiger partial charge in [0, 0.05) is 24.5 Å². The molecule has 0 bridgehead atoms. The topological polar surface area (TPSA) is 83.7 Å². The molecule has 174 valence electrons. The Balaban J connectivity index is 1.25. The minimum atomic E-state index is -0.686. The van der Waals surface area contributed by atoms with Crippen molar-refractivity contribution in [2.75, 3.05) is 5.32 Å². The minimum Gasteiger partial charge on any atom is -0.481 e. The molecular formula is C27H27N3O3S. The lowest BCUT2D eigenvalue weighted by Gasteiger charge is -2.28. The van der Waals surface area contributed by atoms with E-state index in [1.165, 1.54) is 5.56 Å². The second kappa shape index (κ2) is 9.43. The van der Waals surface area contributed by atoms with Crippen LogP contribution in [0, 0.1) is 12.8 Å². The predicted molar refractivity (Wildman–Crippen MR) is 135 cm³/mol.